The second kappa shape index (κ2) is 6.57. The van der Waals surface area contributed by atoms with Crippen LogP contribution in [0, 0.1) is 0 Å². The van der Waals surface area contributed by atoms with Gasteiger partial charge in [-0.1, -0.05) is 12.1 Å². The van der Waals surface area contributed by atoms with Crippen molar-refractivity contribution in [2.45, 2.75) is 19.8 Å². The Kier molecular flexibility index (Phi) is 4.79. The Morgan fingerprint density at radius 2 is 1.95 bits per heavy atom. The van der Waals surface area contributed by atoms with Gasteiger partial charge in [0.1, 0.15) is 5.75 Å². The van der Waals surface area contributed by atoms with E-state index in [-0.39, 0.29) is 11.9 Å². The second-order valence-electron chi connectivity index (χ2n) is 4.40. The summed E-state index contributed by atoms with van der Waals surface area (Å²) in [5.74, 6) is 0.403. The quantitative estimate of drug-likeness (QED) is 0.778. The van der Waals surface area contributed by atoms with E-state index in [9.17, 15) is 4.79 Å². The number of carbonyl (C=O) groups excluding carboxylic acids is 1. The van der Waals surface area contributed by atoms with E-state index in [4.69, 9.17) is 9.47 Å². The molecule has 4 heteroatoms. The number of ether oxygens (including phenoxy) is 2. The van der Waals surface area contributed by atoms with Gasteiger partial charge in [-0.15, -0.1) is 11.3 Å². The van der Waals surface area contributed by atoms with Crippen LogP contribution in [-0.4, -0.2) is 19.7 Å². The molecule has 0 bridgehead atoms. The molecular weight excluding hydrogens is 272 g/mol. The van der Waals surface area contributed by atoms with E-state index in [0.717, 1.165) is 21.8 Å². The maximum atomic E-state index is 11.9. The molecule has 3 nitrogen and oxygen atoms in total. The van der Waals surface area contributed by atoms with Gasteiger partial charge in [-0.3, -0.25) is 4.79 Å². The van der Waals surface area contributed by atoms with Gasteiger partial charge in [0.2, 0.25) is 0 Å². The van der Waals surface area contributed by atoms with Crippen LogP contribution < -0.4 is 4.74 Å². The van der Waals surface area contributed by atoms with Gasteiger partial charge in [-0.05, 0) is 48.6 Å². The molecule has 1 atom stereocenters. The largest absolute Gasteiger partial charge is 0.497 e. The molecule has 0 aliphatic carbocycles. The minimum atomic E-state index is -0.243. The zero-order chi connectivity index (χ0) is 14.5. The Hall–Kier alpha value is -1.81. The van der Waals surface area contributed by atoms with Crippen molar-refractivity contribution in [1.29, 1.82) is 0 Å². The maximum Gasteiger partial charge on any atom is 0.313 e. The monoisotopic (exact) mass is 290 g/mol. The molecule has 0 radical (unpaired) electrons. The molecule has 106 valence electrons. The van der Waals surface area contributed by atoms with E-state index in [1.165, 1.54) is 0 Å². The van der Waals surface area contributed by atoms with Gasteiger partial charge >= 0.3 is 5.97 Å². The van der Waals surface area contributed by atoms with Crippen molar-refractivity contribution in [1.82, 2.24) is 0 Å². The summed E-state index contributed by atoms with van der Waals surface area (Å²) in [5.41, 5.74) is 2.16. The number of carbonyl (C=O) groups is 1. The van der Waals surface area contributed by atoms with E-state index >= 15 is 0 Å². The van der Waals surface area contributed by atoms with Crippen molar-refractivity contribution in [3.05, 3.63) is 40.6 Å². The molecule has 0 amide bonds. The molecule has 0 fully saturated rings. The molecule has 0 aliphatic rings. The Morgan fingerprint density at radius 3 is 2.55 bits per heavy atom. The first-order valence-electron chi connectivity index (χ1n) is 6.55. The molecule has 1 heterocycles. The highest BCUT2D eigenvalue weighted by Crippen LogP contribution is 2.35. The van der Waals surface area contributed by atoms with Gasteiger partial charge in [-0.25, -0.2) is 0 Å². The number of benzene rings is 1. The standard InChI is InChI=1S/C16H18O3S/c1-4-19-16(17)11(2)15-14(9-10-20-15)12-5-7-13(18-3)8-6-12/h5-11H,4H2,1-3H3. The molecule has 2 rings (SSSR count). The van der Waals surface area contributed by atoms with E-state index < -0.39 is 0 Å². The van der Waals surface area contributed by atoms with Crippen molar-refractivity contribution < 1.29 is 14.3 Å². The number of methoxy groups -OCH3 is 1. The van der Waals surface area contributed by atoms with Crippen LogP contribution in [0.5, 0.6) is 5.75 Å². The van der Waals surface area contributed by atoms with Gasteiger partial charge in [0.15, 0.2) is 0 Å². The molecule has 20 heavy (non-hydrogen) atoms. The van der Waals surface area contributed by atoms with Gasteiger partial charge < -0.3 is 9.47 Å². The Labute approximate surface area is 123 Å². The van der Waals surface area contributed by atoms with Gasteiger partial charge in [0.25, 0.3) is 0 Å². The maximum absolute atomic E-state index is 11.9. The Morgan fingerprint density at radius 1 is 1.25 bits per heavy atom. The third-order valence-corrected chi connectivity index (χ3v) is 4.23. The fourth-order valence-corrected chi connectivity index (χ4v) is 3.00. The van der Waals surface area contributed by atoms with Crippen LogP contribution in [0.25, 0.3) is 11.1 Å². The van der Waals surface area contributed by atoms with Crippen LogP contribution in [0.15, 0.2) is 35.7 Å². The lowest BCUT2D eigenvalue weighted by molar-refractivity contribution is -0.144. The molecule has 0 spiro atoms. The normalized spacial score (nSPS) is 11.9. The summed E-state index contributed by atoms with van der Waals surface area (Å²) in [5, 5.41) is 2.00. The topological polar surface area (TPSA) is 35.5 Å². The van der Waals surface area contributed by atoms with Crippen LogP contribution in [-0.2, 0) is 9.53 Å². The average Bonchev–Trinajstić information content (AvgIpc) is 2.96. The molecule has 0 aliphatic heterocycles. The molecule has 1 unspecified atom stereocenters. The van der Waals surface area contributed by atoms with E-state index in [1.54, 1.807) is 18.4 Å². The van der Waals surface area contributed by atoms with Crippen LogP contribution in [0.4, 0.5) is 0 Å². The SMILES string of the molecule is CCOC(=O)C(C)c1sccc1-c1ccc(OC)cc1. The minimum absolute atomic E-state index is 0.176. The Balaban J connectivity index is 2.29. The van der Waals surface area contributed by atoms with Gasteiger partial charge in [0.05, 0.1) is 19.6 Å². The summed E-state index contributed by atoms with van der Waals surface area (Å²) < 4.78 is 10.3. The number of esters is 1. The molecule has 0 saturated carbocycles. The van der Waals surface area contributed by atoms with Crippen molar-refractivity contribution >= 4 is 17.3 Å². The van der Waals surface area contributed by atoms with Crippen LogP contribution in [0.1, 0.15) is 24.6 Å². The molecule has 1 aromatic carbocycles. The molecule has 1 aromatic heterocycles. The number of hydrogen-bond donors (Lipinski definition) is 0. The average molecular weight is 290 g/mol. The summed E-state index contributed by atoms with van der Waals surface area (Å²) >= 11 is 1.58. The molecule has 2 aromatic rings. The van der Waals surface area contributed by atoms with Crippen LogP contribution in [0.2, 0.25) is 0 Å². The fourth-order valence-electron chi connectivity index (χ4n) is 2.04. The highest BCUT2D eigenvalue weighted by Gasteiger charge is 2.21. The second-order valence-corrected chi connectivity index (χ2v) is 5.35. The zero-order valence-corrected chi connectivity index (χ0v) is 12.7. The number of thiophene rings is 1. The van der Waals surface area contributed by atoms with E-state index in [2.05, 4.69) is 0 Å². The smallest absolute Gasteiger partial charge is 0.313 e. The lowest BCUT2D eigenvalue weighted by Gasteiger charge is -2.11. The highest BCUT2D eigenvalue weighted by molar-refractivity contribution is 7.10. The first kappa shape index (κ1) is 14.6. The number of rotatable bonds is 5. The number of hydrogen-bond acceptors (Lipinski definition) is 4. The molecular formula is C16H18O3S. The summed E-state index contributed by atoms with van der Waals surface area (Å²) in [6, 6.07) is 9.89. The van der Waals surface area contributed by atoms with E-state index in [0.29, 0.717) is 6.61 Å². The van der Waals surface area contributed by atoms with Crippen molar-refractivity contribution in [3.63, 3.8) is 0 Å². The van der Waals surface area contributed by atoms with Crippen LogP contribution >= 0.6 is 11.3 Å². The van der Waals surface area contributed by atoms with Crippen molar-refractivity contribution in [2.75, 3.05) is 13.7 Å². The van der Waals surface area contributed by atoms with Gasteiger partial charge in [-0.2, -0.15) is 0 Å². The van der Waals surface area contributed by atoms with Gasteiger partial charge in [0, 0.05) is 4.88 Å². The first-order valence-corrected chi connectivity index (χ1v) is 7.43. The first-order chi connectivity index (χ1) is 9.67. The summed E-state index contributed by atoms with van der Waals surface area (Å²) in [6.07, 6.45) is 0. The summed E-state index contributed by atoms with van der Waals surface area (Å²) in [4.78, 5) is 12.9. The van der Waals surface area contributed by atoms with Crippen molar-refractivity contribution in [3.8, 4) is 16.9 Å². The fraction of sp³-hybridized carbons (Fsp3) is 0.312. The summed E-state index contributed by atoms with van der Waals surface area (Å²) in [7, 11) is 1.65. The van der Waals surface area contributed by atoms with Crippen molar-refractivity contribution in [2.24, 2.45) is 0 Å². The third-order valence-electron chi connectivity index (χ3n) is 3.13. The Bertz CT molecular complexity index is 572. The highest BCUT2D eigenvalue weighted by atomic mass is 32.1. The zero-order valence-electron chi connectivity index (χ0n) is 11.9. The minimum Gasteiger partial charge on any atom is -0.497 e. The third kappa shape index (κ3) is 3.02. The van der Waals surface area contributed by atoms with Crippen LogP contribution in [0.3, 0.4) is 0 Å². The molecule has 0 N–H and O–H groups in total. The lowest BCUT2D eigenvalue weighted by Crippen LogP contribution is -2.12. The summed E-state index contributed by atoms with van der Waals surface area (Å²) in [6.45, 7) is 4.12. The predicted octanol–water partition coefficient (Wildman–Crippen LogP) is 4.09. The van der Waals surface area contributed by atoms with E-state index in [1.807, 2.05) is 49.6 Å². The molecule has 0 saturated heterocycles. The predicted molar refractivity (Wildman–Crippen MR) is 81.4 cm³/mol. The lowest BCUT2D eigenvalue weighted by atomic mass is 10.0.